The van der Waals surface area contributed by atoms with Crippen LogP contribution in [0.1, 0.15) is 15.9 Å². The van der Waals surface area contributed by atoms with E-state index in [4.69, 9.17) is 14.2 Å². The number of rotatable bonds is 6. The van der Waals surface area contributed by atoms with Crippen LogP contribution in [0, 0.1) is 0 Å². The molecule has 0 atom stereocenters. The molecule has 0 saturated carbocycles. The molecule has 2 aromatic rings. The first-order valence-electron chi connectivity index (χ1n) is 7.04. The summed E-state index contributed by atoms with van der Waals surface area (Å²) >= 11 is 0. The summed E-state index contributed by atoms with van der Waals surface area (Å²) in [7, 11) is 4.45. The molecule has 0 spiro atoms. The molecule has 0 saturated heterocycles. The Morgan fingerprint density at radius 1 is 0.917 bits per heavy atom. The largest absolute Gasteiger partial charge is 0.507 e. The minimum atomic E-state index is -0.539. The van der Waals surface area contributed by atoms with Crippen LogP contribution in [-0.4, -0.2) is 37.3 Å². The highest BCUT2D eigenvalue weighted by Gasteiger charge is 2.16. The molecule has 2 N–H and O–H groups in total. The van der Waals surface area contributed by atoms with Gasteiger partial charge in [0, 0.05) is 12.1 Å². The van der Waals surface area contributed by atoms with Crippen molar-refractivity contribution in [1.29, 1.82) is 0 Å². The van der Waals surface area contributed by atoms with E-state index in [9.17, 15) is 15.0 Å². The van der Waals surface area contributed by atoms with Gasteiger partial charge in [-0.05, 0) is 23.8 Å². The number of methoxy groups -OCH3 is 3. The standard InChI is InChI=1S/C18H18O6/c1-22-12-9-14(20)18(15(21)10-12)13(19)6-4-11-5-7-16(23-2)17(8-11)24-3/h4-10,20-21H,1-3H3/b6-4+. The van der Waals surface area contributed by atoms with E-state index in [2.05, 4.69) is 0 Å². The van der Waals surface area contributed by atoms with Crippen molar-refractivity contribution in [3.63, 3.8) is 0 Å². The number of carbonyl (C=O) groups is 1. The molecule has 2 rings (SSSR count). The molecule has 0 amide bonds. The van der Waals surface area contributed by atoms with Crippen LogP contribution in [0.15, 0.2) is 36.4 Å². The number of hydrogen-bond donors (Lipinski definition) is 2. The van der Waals surface area contributed by atoms with Gasteiger partial charge in [0.25, 0.3) is 0 Å². The normalized spacial score (nSPS) is 10.6. The lowest BCUT2D eigenvalue weighted by atomic mass is 10.1. The van der Waals surface area contributed by atoms with Gasteiger partial charge in [-0.1, -0.05) is 12.1 Å². The van der Waals surface area contributed by atoms with Crippen molar-refractivity contribution in [2.24, 2.45) is 0 Å². The summed E-state index contributed by atoms with van der Waals surface area (Å²) in [5.74, 6) is 0.115. The van der Waals surface area contributed by atoms with Crippen molar-refractivity contribution in [2.75, 3.05) is 21.3 Å². The Morgan fingerprint density at radius 2 is 1.54 bits per heavy atom. The number of phenolic OH excluding ortho intramolecular Hbond substituents is 2. The highest BCUT2D eigenvalue weighted by atomic mass is 16.5. The summed E-state index contributed by atoms with van der Waals surface area (Å²) < 4.78 is 15.3. The Morgan fingerprint density at radius 3 is 2.08 bits per heavy atom. The minimum absolute atomic E-state index is 0.187. The zero-order valence-corrected chi connectivity index (χ0v) is 13.6. The molecular formula is C18H18O6. The van der Waals surface area contributed by atoms with Gasteiger partial charge in [0.15, 0.2) is 17.3 Å². The van der Waals surface area contributed by atoms with E-state index < -0.39 is 5.78 Å². The fourth-order valence-corrected chi connectivity index (χ4v) is 2.17. The number of allylic oxidation sites excluding steroid dienone is 1. The van der Waals surface area contributed by atoms with Gasteiger partial charge in [0.2, 0.25) is 0 Å². The van der Waals surface area contributed by atoms with Crippen molar-refractivity contribution in [1.82, 2.24) is 0 Å². The van der Waals surface area contributed by atoms with E-state index in [0.29, 0.717) is 17.1 Å². The van der Waals surface area contributed by atoms with E-state index >= 15 is 0 Å². The van der Waals surface area contributed by atoms with Crippen LogP contribution >= 0.6 is 0 Å². The zero-order valence-electron chi connectivity index (χ0n) is 13.6. The second-order valence-electron chi connectivity index (χ2n) is 4.85. The Balaban J connectivity index is 2.28. The first-order chi connectivity index (χ1) is 11.5. The van der Waals surface area contributed by atoms with Gasteiger partial charge >= 0.3 is 0 Å². The van der Waals surface area contributed by atoms with Crippen LogP contribution in [-0.2, 0) is 0 Å². The third-order valence-corrected chi connectivity index (χ3v) is 3.39. The molecule has 0 aliphatic rings. The summed E-state index contributed by atoms with van der Waals surface area (Å²) in [6, 6.07) is 7.69. The van der Waals surface area contributed by atoms with Gasteiger partial charge < -0.3 is 24.4 Å². The third kappa shape index (κ3) is 3.60. The van der Waals surface area contributed by atoms with E-state index in [0.717, 1.165) is 0 Å². The average Bonchev–Trinajstić information content (AvgIpc) is 2.58. The minimum Gasteiger partial charge on any atom is -0.507 e. The van der Waals surface area contributed by atoms with Crippen LogP contribution in [0.25, 0.3) is 6.08 Å². The summed E-state index contributed by atoms with van der Waals surface area (Å²) in [6.07, 6.45) is 2.80. The highest BCUT2D eigenvalue weighted by molar-refractivity contribution is 6.10. The molecular weight excluding hydrogens is 312 g/mol. The lowest BCUT2D eigenvalue weighted by Crippen LogP contribution is -1.97. The van der Waals surface area contributed by atoms with E-state index in [1.807, 2.05) is 0 Å². The fourth-order valence-electron chi connectivity index (χ4n) is 2.17. The van der Waals surface area contributed by atoms with Crippen LogP contribution in [0.4, 0.5) is 0 Å². The predicted octanol–water partition coefficient (Wildman–Crippen LogP) is 3.02. The molecule has 0 bridgehead atoms. The number of hydrogen-bond acceptors (Lipinski definition) is 6. The maximum atomic E-state index is 12.2. The maximum Gasteiger partial charge on any atom is 0.193 e. The van der Waals surface area contributed by atoms with Crippen molar-refractivity contribution in [3.05, 3.63) is 47.5 Å². The first-order valence-corrected chi connectivity index (χ1v) is 7.04. The van der Waals surface area contributed by atoms with E-state index in [1.165, 1.54) is 39.5 Å². The third-order valence-electron chi connectivity index (χ3n) is 3.39. The Kier molecular flexibility index (Phi) is 5.31. The molecule has 0 fully saturated rings. The number of ether oxygens (including phenoxy) is 3. The smallest absolute Gasteiger partial charge is 0.193 e. The summed E-state index contributed by atoms with van der Waals surface area (Å²) in [4.78, 5) is 12.2. The SMILES string of the molecule is COc1cc(O)c(C(=O)/C=C/c2ccc(OC)c(OC)c2)c(O)c1. The molecule has 6 heteroatoms. The second kappa shape index (κ2) is 7.41. The maximum absolute atomic E-state index is 12.2. The van der Waals surface area contributed by atoms with Gasteiger partial charge in [-0.2, -0.15) is 0 Å². The monoisotopic (exact) mass is 330 g/mol. The van der Waals surface area contributed by atoms with E-state index in [1.54, 1.807) is 24.3 Å². The molecule has 0 aromatic heterocycles. The molecule has 126 valence electrons. The lowest BCUT2D eigenvalue weighted by Gasteiger charge is -2.08. The van der Waals surface area contributed by atoms with Gasteiger partial charge in [-0.3, -0.25) is 4.79 Å². The van der Waals surface area contributed by atoms with Crippen molar-refractivity contribution in [3.8, 4) is 28.7 Å². The van der Waals surface area contributed by atoms with Gasteiger partial charge in [-0.25, -0.2) is 0 Å². The number of carbonyl (C=O) groups excluding carboxylic acids is 1. The van der Waals surface area contributed by atoms with Crippen molar-refractivity contribution < 1.29 is 29.2 Å². The Hall–Kier alpha value is -3.15. The first kappa shape index (κ1) is 17.2. The van der Waals surface area contributed by atoms with Crippen LogP contribution < -0.4 is 14.2 Å². The molecule has 24 heavy (non-hydrogen) atoms. The lowest BCUT2D eigenvalue weighted by molar-refractivity contribution is 0.104. The van der Waals surface area contributed by atoms with E-state index in [-0.39, 0.29) is 22.8 Å². The predicted molar refractivity (Wildman–Crippen MR) is 89.2 cm³/mol. The van der Waals surface area contributed by atoms with Crippen LogP contribution in [0.3, 0.4) is 0 Å². The topological polar surface area (TPSA) is 85.2 Å². The highest BCUT2D eigenvalue weighted by Crippen LogP contribution is 2.33. The molecule has 0 unspecified atom stereocenters. The van der Waals surface area contributed by atoms with Crippen LogP contribution in [0.2, 0.25) is 0 Å². The van der Waals surface area contributed by atoms with Crippen LogP contribution in [0.5, 0.6) is 28.7 Å². The molecule has 0 heterocycles. The quantitative estimate of drug-likeness (QED) is 0.625. The van der Waals surface area contributed by atoms with Gasteiger partial charge in [-0.15, -0.1) is 0 Å². The summed E-state index contributed by atoms with van der Waals surface area (Å²) in [5.41, 5.74) is 0.515. The molecule has 0 aliphatic carbocycles. The molecule has 0 radical (unpaired) electrons. The zero-order chi connectivity index (χ0) is 17.7. The second-order valence-corrected chi connectivity index (χ2v) is 4.85. The number of aromatic hydroxyl groups is 2. The number of ketones is 1. The summed E-state index contributed by atoms with van der Waals surface area (Å²) in [6.45, 7) is 0. The molecule has 2 aromatic carbocycles. The van der Waals surface area contributed by atoms with Gasteiger partial charge in [0.1, 0.15) is 22.8 Å². The number of benzene rings is 2. The van der Waals surface area contributed by atoms with Crippen molar-refractivity contribution >= 4 is 11.9 Å². The average molecular weight is 330 g/mol. The Labute approximate surface area is 139 Å². The molecule has 0 aliphatic heterocycles. The Bertz CT molecular complexity index is 756. The fraction of sp³-hybridized carbons (Fsp3) is 0.167. The van der Waals surface area contributed by atoms with Gasteiger partial charge in [0.05, 0.1) is 21.3 Å². The number of phenols is 2. The summed E-state index contributed by atoms with van der Waals surface area (Å²) in [5, 5.41) is 19.8. The van der Waals surface area contributed by atoms with Crippen molar-refractivity contribution in [2.45, 2.75) is 0 Å². The molecule has 6 nitrogen and oxygen atoms in total.